The summed E-state index contributed by atoms with van der Waals surface area (Å²) in [5.74, 6) is 0.864. The molecule has 2 aromatic carbocycles. The van der Waals surface area contributed by atoms with Crippen molar-refractivity contribution in [3.63, 3.8) is 0 Å². The first-order valence-corrected chi connectivity index (χ1v) is 10.4. The van der Waals surface area contributed by atoms with Gasteiger partial charge in [-0.1, -0.05) is 30.3 Å². The van der Waals surface area contributed by atoms with Gasteiger partial charge in [-0.05, 0) is 29.7 Å². The van der Waals surface area contributed by atoms with Crippen LogP contribution in [0.15, 0.2) is 57.9 Å². The molecule has 0 amide bonds. The van der Waals surface area contributed by atoms with Crippen LogP contribution in [-0.4, -0.2) is 41.1 Å². The maximum atomic E-state index is 12.7. The van der Waals surface area contributed by atoms with Crippen molar-refractivity contribution in [3.05, 3.63) is 76.0 Å². The molecule has 3 N–H and O–H groups in total. The monoisotopic (exact) mass is 446 g/mol. The van der Waals surface area contributed by atoms with E-state index in [0.29, 0.717) is 28.5 Å². The number of hydrogen-bond acceptors (Lipinski definition) is 8. The molecule has 0 radical (unpaired) electrons. The van der Waals surface area contributed by atoms with Crippen LogP contribution >= 0.6 is 0 Å². The topological polar surface area (TPSA) is 123 Å². The van der Waals surface area contributed by atoms with Gasteiger partial charge in [0, 0.05) is 18.3 Å². The second-order valence-corrected chi connectivity index (χ2v) is 7.57. The summed E-state index contributed by atoms with van der Waals surface area (Å²) >= 11 is 0. The van der Waals surface area contributed by atoms with Crippen molar-refractivity contribution in [3.8, 4) is 39.8 Å². The fourth-order valence-electron chi connectivity index (χ4n) is 4.20. The Morgan fingerprint density at radius 3 is 2.55 bits per heavy atom. The number of aromatic hydroxyl groups is 1. The van der Waals surface area contributed by atoms with Gasteiger partial charge >= 0.3 is 0 Å². The number of fused-ring (bicyclic) bond motifs is 1. The number of aromatic nitrogens is 3. The molecule has 0 spiro atoms. The SMILES string of the molecule is COc1cccc(OC)c1-c1c[nH]c(=O)c(-c2nnc(C3NCCc4ccccc43)o2)c1O. The summed E-state index contributed by atoms with van der Waals surface area (Å²) in [5, 5.41) is 22.7. The van der Waals surface area contributed by atoms with E-state index >= 15 is 0 Å². The zero-order valence-electron chi connectivity index (χ0n) is 18.1. The molecule has 9 nitrogen and oxygen atoms in total. The lowest BCUT2D eigenvalue weighted by molar-refractivity contribution is 0.396. The molecule has 4 aromatic rings. The maximum absolute atomic E-state index is 12.7. The van der Waals surface area contributed by atoms with Crippen molar-refractivity contribution in [2.75, 3.05) is 20.8 Å². The minimum Gasteiger partial charge on any atom is -0.506 e. The average Bonchev–Trinajstić information content (AvgIpc) is 3.33. The van der Waals surface area contributed by atoms with Gasteiger partial charge in [0.05, 0.1) is 19.8 Å². The van der Waals surface area contributed by atoms with Crippen LogP contribution in [0.25, 0.3) is 22.6 Å². The van der Waals surface area contributed by atoms with E-state index in [4.69, 9.17) is 13.9 Å². The van der Waals surface area contributed by atoms with Gasteiger partial charge in [-0.25, -0.2) is 0 Å². The first-order valence-electron chi connectivity index (χ1n) is 10.4. The van der Waals surface area contributed by atoms with Crippen LogP contribution in [0, 0.1) is 0 Å². The highest BCUT2D eigenvalue weighted by Gasteiger charge is 2.28. The van der Waals surface area contributed by atoms with Gasteiger partial charge < -0.3 is 29.3 Å². The molecule has 1 aliphatic rings. The number of ether oxygens (including phenoxy) is 2. The summed E-state index contributed by atoms with van der Waals surface area (Å²) in [7, 11) is 3.03. The Morgan fingerprint density at radius 2 is 1.79 bits per heavy atom. The summed E-state index contributed by atoms with van der Waals surface area (Å²) in [6.45, 7) is 0.758. The van der Waals surface area contributed by atoms with Crippen molar-refractivity contribution in [1.82, 2.24) is 20.5 Å². The number of nitrogens with zero attached hydrogens (tertiary/aromatic N) is 2. The van der Waals surface area contributed by atoms with Gasteiger partial charge in [0.15, 0.2) is 0 Å². The molecule has 33 heavy (non-hydrogen) atoms. The van der Waals surface area contributed by atoms with Crippen LogP contribution in [0.1, 0.15) is 23.1 Å². The van der Waals surface area contributed by atoms with E-state index < -0.39 is 5.56 Å². The van der Waals surface area contributed by atoms with Gasteiger partial charge in [0.2, 0.25) is 5.89 Å². The third-order valence-corrected chi connectivity index (χ3v) is 5.77. The quantitative estimate of drug-likeness (QED) is 0.428. The molecule has 3 heterocycles. The fourth-order valence-corrected chi connectivity index (χ4v) is 4.20. The lowest BCUT2D eigenvalue weighted by Gasteiger charge is -2.24. The molecule has 1 unspecified atom stereocenters. The highest BCUT2D eigenvalue weighted by atomic mass is 16.5. The number of hydrogen-bond donors (Lipinski definition) is 3. The van der Waals surface area contributed by atoms with E-state index in [9.17, 15) is 9.90 Å². The van der Waals surface area contributed by atoms with E-state index in [2.05, 4.69) is 26.6 Å². The normalized spacial score (nSPS) is 15.2. The third kappa shape index (κ3) is 3.52. The Hall–Kier alpha value is -4.11. The third-order valence-electron chi connectivity index (χ3n) is 5.77. The van der Waals surface area contributed by atoms with Crippen molar-refractivity contribution in [1.29, 1.82) is 0 Å². The molecule has 9 heteroatoms. The van der Waals surface area contributed by atoms with Gasteiger partial charge in [-0.15, -0.1) is 10.2 Å². The lowest BCUT2D eigenvalue weighted by atomic mass is 9.94. The molecule has 0 saturated carbocycles. The lowest BCUT2D eigenvalue weighted by Crippen LogP contribution is -2.30. The van der Waals surface area contributed by atoms with E-state index in [1.165, 1.54) is 26.0 Å². The second-order valence-electron chi connectivity index (χ2n) is 7.57. The maximum Gasteiger partial charge on any atom is 0.264 e. The van der Waals surface area contributed by atoms with Gasteiger partial charge in [-0.2, -0.15) is 0 Å². The zero-order chi connectivity index (χ0) is 22.9. The molecule has 2 aromatic heterocycles. The summed E-state index contributed by atoms with van der Waals surface area (Å²) in [6, 6.07) is 13.0. The fraction of sp³-hybridized carbons (Fsp3) is 0.208. The highest BCUT2D eigenvalue weighted by molar-refractivity contribution is 5.84. The minimum atomic E-state index is -0.558. The molecular formula is C24H22N4O5. The predicted molar refractivity (Wildman–Crippen MR) is 121 cm³/mol. The van der Waals surface area contributed by atoms with E-state index in [1.807, 2.05) is 18.2 Å². The summed E-state index contributed by atoms with van der Waals surface area (Å²) in [6.07, 6.45) is 2.30. The smallest absolute Gasteiger partial charge is 0.264 e. The van der Waals surface area contributed by atoms with Crippen LogP contribution in [0.4, 0.5) is 0 Å². The van der Waals surface area contributed by atoms with Crippen LogP contribution in [0.2, 0.25) is 0 Å². The summed E-state index contributed by atoms with van der Waals surface area (Å²) in [5.41, 5.74) is 2.36. The number of H-pyrrole nitrogens is 1. The Morgan fingerprint density at radius 1 is 1.03 bits per heavy atom. The van der Waals surface area contributed by atoms with E-state index in [0.717, 1.165) is 18.5 Å². The van der Waals surface area contributed by atoms with Crippen molar-refractivity contribution in [2.24, 2.45) is 0 Å². The first-order chi connectivity index (χ1) is 16.1. The summed E-state index contributed by atoms with van der Waals surface area (Å²) < 4.78 is 16.8. The second kappa shape index (κ2) is 8.44. The molecule has 0 saturated heterocycles. The molecule has 1 atom stereocenters. The van der Waals surface area contributed by atoms with Gasteiger partial charge in [-0.3, -0.25) is 4.79 Å². The Kier molecular flexibility index (Phi) is 5.31. The number of rotatable bonds is 5. The number of nitrogens with one attached hydrogen (secondary N) is 2. The van der Waals surface area contributed by atoms with Crippen molar-refractivity contribution in [2.45, 2.75) is 12.5 Å². The molecule has 0 aliphatic carbocycles. The Bertz CT molecular complexity index is 1360. The molecular weight excluding hydrogens is 424 g/mol. The minimum absolute atomic E-state index is 0.0793. The zero-order valence-corrected chi connectivity index (χ0v) is 18.1. The molecule has 0 bridgehead atoms. The molecule has 0 fully saturated rings. The Balaban J connectivity index is 1.61. The van der Waals surface area contributed by atoms with Crippen LogP contribution in [-0.2, 0) is 6.42 Å². The molecule has 5 rings (SSSR count). The number of pyridine rings is 1. The first kappa shape index (κ1) is 20.8. The molecule has 168 valence electrons. The molecule has 1 aliphatic heterocycles. The average molecular weight is 446 g/mol. The van der Waals surface area contributed by atoms with Crippen LogP contribution in [0.3, 0.4) is 0 Å². The largest absolute Gasteiger partial charge is 0.506 e. The van der Waals surface area contributed by atoms with Crippen LogP contribution in [0.5, 0.6) is 17.2 Å². The van der Waals surface area contributed by atoms with E-state index in [1.54, 1.807) is 18.2 Å². The van der Waals surface area contributed by atoms with E-state index in [-0.39, 0.29) is 23.2 Å². The standard InChI is InChI=1S/C24H22N4O5/c1-31-16-8-5-9-17(32-2)18(16)15-12-26-22(30)19(21(15)29)23-27-28-24(33-23)20-14-7-4-3-6-13(14)10-11-25-20/h3-9,12,20,25H,10-11H2,1-2H3,(H2,26,29,30). The van der Waals surface area contributed by atoms with Crippen molar-refractivity contribution >= 4 is 0 Å². The van der Waals surface area contributed by atoms with Crippen LogP contribution < -0.4 is 20.3 Å². The highest BCUT2D eigenvalue weighted by Crippen LogP contribution is 2.44. The summed E-state index contributed by atoms with van der Waals surface area (Å²) in [4.78, 5) is 15.3. The Labute approximate surface area is 189 Å². The predicted octanol–water partition coefficient (Wildman–Crippen LogP) is 3.05. The number of methoxy groups -OCH3 is 2. The number of benzene rings is 2. The number of aromatic amines is 1. The van der Waals surface area contributed by atoms with Gasteiger partial charge in [0.25, 0.3) is 11.4 Å². The van der Waals surface area contributed by atoms with Gasteiger partial charge in [0.1, 0.15) is 28.9 Å². The van der Waals surface area contributed by atoms with Crippen molar-refractivity contribution < 1.29 is 19.0 Å².